The van der Waals surface area contributed by atoms with E-state index in [-0.39, 0.29) is 0 Å². The van der Waals surface area contributed by atoms with Crippen LogP contribution in [-0.2, 0) is 4.79 Å². The minimum atomic E-state index is -0.769. The first kappa shape index (κ1) is 9.35. The standard InChI is InChI=1S/C12H8N2O/c13-7-10(8-15)12-6-5-9-3-1-2-4-11(9)14-12/h1-6,8,10H/t10-/m1/s1. The summed E-state index contributed by atoms with van der Waals surface area (Å²) in [5.41, 5.74) is 1.31. The zero-order valence-corrected chi connectivity index (χ0v) is 7.92. The molecule has 3 nitrogen and oxygen atoms in total. The van der Waals surface area contributed by atoms with Crippen molar-refractivity contribution in [2.75, 3.05) is 0 Å². The maximum absolute atomic E-state index is 10.6. The Hall–Kier alpha value is -2.21. The molecule has 2 aromatic rings. The van der Waals surface area contributed by atoms with Gasteiger partial charge in [-0.3, -0.25) is 4.98 Å². The zero-order chi connectivity index (χ0) is 10.7. The molecular weight excluding hydrogens is 188 g/mol. The fourth-order valence-electron chi connectivity index (χ4n) is 1.42. The third-order valence-electron chi connectivity index (χ3n) is 2.21. The number of benzene rings is 1. The van der Waals surface area contributed by atoms with E-state index in [1.54, 1.807) is 6.07 Å². The van der Waals surface area contributed by atoms with Gasteiger partial charge < -0.3 is 4.79 Å². The van der Waals surface area contributed by atoms with Gasteiger partial charge in [0.05, 0.1) is 17.3 Å². The van der Waals surface area contributed by atoms with Crippen LogP contribution >= 0.6 is 0 Å². The highest BCUT2D eigenvalue weighted by molar-refractivity contribution is 5.79. The van der Waals surface area contributed by atoms with E-state index in [1.165, 1.54) is 0 Å². The molecule has 2 rings (SSSR count). The van der Waals surface area contributed by atoms with Crippen LogP contribution in [0.4, 0.5) is 0 Å². The molecule has 3 heteroatoms. The van der Waals surface area contributed by atoms with Crippen molar-refractivity contribution in [1.82, 2.24) is 4.98 Å². The second-order valence-electron chi connectivity index (χ2n) is 3.17. The summed E-state index contributed by atoms with van der Waals surface area (Å²) in [5, 5.41) is 9.73. The molecule has 0 bridgehead atoms. The molecule has 0 amide bonds. The van der Waals surface area contributed by atoms with E-state index in [0.717, 1.165) is 10.9 Å². The van der Waals surface area contributed by atoms with Gasteiger partial charge in [0.15, 0.2) is 0 Å². The van der Waals surface area contributed by atoms with E-state index in [1.807, 2.05) is 36.4 Å². The minimum Gasteiger partial charge on any atom is -0.301 e. The van der Waals surface area contributed by atoms with Gasteiger partial charge in [0.25, 0.3) is 0 Å². The summed E-state index contributed by atoms with van der Waals surface area (Å²) < 4.78 is 0. The Morgan fingerprint density at radius 2 is 2.07 bits per heavy atom. The van der Waals surface area contributed by atoms with Gasteiger partial charge in [-0.2, -0.15) is 5.26 Å². The number of nitriles is 1. The number of carbonyl (C=O) groups excluding carboxylic acids is 1. The van der Waals surface area contributed by atoms with E-state index >= 15 is 0 Å². The Bertz CT molecular complexity index is 543. The molecule has 0 radical (unpaired) electrons. The Kier molecular flexibility index (Phi) is 2.42. The van der Waals surface area contributed by atoms with Crippen LogP contribution in [-0.4, -0.2) is 11.3 Å². The summed E-state index contributed by atoms with van der Waals surface area (Å²) in [6, 6.07) is 13.1. The number of pyridine rings is 1. The first-order valence-corrected chi connectivity index (χ1v) is 4.56. The number of aldehydes is 1. The van der Waals surface area contributed by atoms with Gasteiger partial charge in [-0.05, 0) is 12.1 Å². The van der Waals surface area contributed by atoms with Crippen molar-refractivity contribution < 1.29 is 4.79 Å². The monoisotopic (exact) mass is 196 g/mol. The average molecular weight is 196 g/mol. The van der Waals surface area contributed by atoms with Crippen LogP contribution in [0.5, 0.6) is 0 Å². The molecule has 1 atom stereocenters. The molecular formula is C12H8N2O. The largest absolute Gasteiger partial charge is 0.301 e. The number of para-hydroxylation sites is 1. The number of hydrogen-bond donors (Lipinski definition) is 0. The smallest absolute Gasteiger partial charge is 0.144 e. The molecule has 0 saturated heterocycles. The highest BCUT2D eigenvalue weighted by atomic mass is 16.1. The lowest BCUT2D eigenvalue weighted by atomic mass is 10.1. The van der Waals surface area contributed by atoms with Crippen LogP contribution in [0, 0.1) is 11.3 Å². The second kappa shape index (κ2) is 3.89. The number of carbonyl (C=O) groups is 1. The van der Waals surface area contributed by atoms with Gasteiger partial charge in [-0.25, -0.2) is 0 Å². The summed E-state index contributed by atoms with van der Waals surface area (Å²) in [5.74, 6) is -0.769. The van der Waals surface area contributed by atoms with Gasteiger partial charge in [0.2, 0.25) is 0 Å². The van der Waals surface area contributed by atoms with Crippen LogP contribution in [0.2, 0.25) is 0 Å². The first-order valence-electron chi connectivity index (χ1n) is 4.56. The number of fused-ring (bicyclic) bond motifs is 1. The van der Waals surface area contributed by atoms with Gasteiger partial charge in [-0.1, -0.05) is 24.3 Å². The van der Waals surface area contributed by atoms with Crippen LogP contribution in [0.25, 0.3) is 10.9 Å². The molecule has 0 aliphatic rings. The van der Waals surface area contributed by atoms with E-state index < -0.39 is 5.92 Å². The maximum Gasteiger partial charge on any atom is 0.144 e. The van der Waals surface area contributed by atoms with Crippen LogP contribution in [0.1, 0.15) is 11.6 Å². The number of aromatic nitrogens is 1. The van der Waals surface area contributed by atoms with E-state index in [4.69, 9.17) is 5.26 Å². The lowest BCUT2D eigenvalue weighted by Gasteiger charge is -2.02. The Labute approximate surface area is 87.0 Å². The van der Waals surface area contributed by atoms with E-state index in [2.05, 4.69) is 4.98 Å². The molecule has 0 saturated carbocycles. The van der Waals surface area contributed by atoms with Gasteiger partial charge in [0, 0.05) is 5.39 Å². The van der Waals surface area contributed by atoms with E-state index in [0.29, 0.717) is 12.0 Å². The summed E-state index contributed by atoms with van der Waals surface area (Å²) >= 11 is 0. The topological polar surface area (TPSA) is 53.8 Å². The van der Waals surface area contributed by atoms with Crippen molar-refractivity contribution in [2.24, 2.45) is 0 Å². The zero-order valence-electron chi connectivity index (χ0n) is 7.92. The summed E-state index contributed by atoms with van der Waals surface area (Å²) in [7, 11) is 0. The highest BCUT2D eigenvalue weighted by Gasteiger charge is 2.10. The van der Waals surface area contributed by atoms with Gasteiger partial charge in [0.1, 0.15) is 12.2 Å². The number of nitrogens with zero attached hydrogens (tertiary/aromatic N) is 2. The Morgan fingerprint density at radius 1 is 1.27 bits per heavy atom. The van der Waals surface area contributed by atoms with Gasteiger partial charge >= 0.3 is 0 Å². The summed E-state index contributed by atoms with van der Waals surface area (Å²) in [6.45, 7) is 0. The first-order chi connectivity index (χ1) is 7.35. The highest BCUT2D eigenvalue weighted by Crippen LogP contribution is 2.16. The lowest BCUT2D eigenvalue weighted by Crippen LogP contribution is -1.99. The van der Waals surface area contributed by atoms with Crippen molar-refractivity contribution in [2.45, 2.75) is 5.92 Å². The van der Waals surface area contributed by atoms with Crippen LogP contribution in [0.15, 0.2) is 36.4 Å². The quantitative estimate of drug-likeness (QED) is 0.690. The normalized spacial score (nSPS) is 11.9. The number of rotatable bonds is 2. The van der Waals surface area contributed by atoms with Crippen LogP contribution in [0.3, 0.4) is 0 Å². The predicted octanol–water partition coefficient (Wildman–Crippen LogP) is 2.04. The molecule has 72 valence electrons. The second-order valence-corrected chi connectivity index (χ2v) is 3.17. The molecule has 0 aliphatic heterocycles. The van der Waals surface area contributed by atoms with Crippen molar-refractivity contribution in [3.05, 3.63) is 42.1 Å². The van der Waals surface area contributed by atoms with Crippen molar-refractivity contribution in [3.8, 4) is 6.07 Å². The molecule has 0 aliphatic carbocycles. The molecule has 1 heterocycles. The van der Waals surface area contributed by atoms with Crippen molar-refractivity contribution in [1.29, 1.82) is 5.26 Å². The average Bonchev–Trinajstić information content (AvgIpc) is 2.30. The third-order valence-corrected chi connectivity index (χ3v) is 2.21. The van der Waals surface area contributed by atoms with Gasteiger partial charge in [-0.15, -0.1) is 0 Å². The number of hydrogen-bond acceptors (Lipinski definition) is 3. The fourth-order valence-corrected chi connectivity index (χ4v) is 1.42. The predicted molar refractivity (Wildman–Crippen MR) is 56.2 cm³/mol. The molecule has 1 aromatic heterocycles. The molecule has 1 aromatic carbocycles. The third kappa shape index (κ3) is 1.70. The molecule has 0 unspecified atom stereocenters. The molecule has 0 spiro atoms. The molecule has 0 fully saturated rings. The molecule has 0 N–H and O–H groups in total. The van der Waals surface area contributed by atoms with Crippen molar-refractivity contribution >= 4 is 17.2 Å². The maximum atomic E-state index is 10.6. The van der Waals surface area contributed by atoms with E-state index in [9.17, 15) is 4.79 Å². The van der Waals surface area contributed by atoms with Crippen molar-refractivity contribution in [3.63, 3.8) is 0 Å². The summed E-state index contributed by atoms with van der Waals surface area (Å²) in [6.07, 6.45) is 0.608. The SMILES string of the molecule is N#C[C@H](C=O)c1ccc2ccccc2n1. The fraction of sp³-hybridized carbons (Fsp3) is 0.0833. The summed E-state index contributed by atoms with van der Waals surface area (Å²) in [4.78, 5) is 14.9. The Morgan fingerprint density at radius 3 is 2.80 bits per heavy atom. The molecule has 15 heavy (non-hydrogen) atoms. The Balaban J connectivity index is 2.56. The lowest BCUT2D eigenvalue weighted by molar-refractivity contribution is -0.108. The minimum absolute atomic E-state index is 0.506. The van der Waals surface area contributed by atoms with Crippen LogP contribution < -0.4 is 0 Å².